The molecule has 3 aromatic heterocycles. The summed E-state index contributed by atoms with van der Waals surface area (Å²) < 4.78 is 5.47. The molecule has 144 valence electrons. The summed E-state index contributed by atoms with van der Waals surface area (Å²) in [4.78, 5) is 23.9. The highest BCUT2D eigenvalue weighted by Gasteiger charge is 2.20. The molecule has 4 aromatic rings. The summed E-state index contributed by atoms with van der Waals surface area (Å²) in [6.45, 7) is 2.68. The standard InChI is InChI=1S/C24H21N3O2/c1-18-22(11-12-23(26-18)20-8-3-2-4-9-20)24(28)27(17-21-10-6-14-29-21)16-19-7-5-13-25-15-19/h2-15H,16-17H2,1H3. The van der Waals surface area contributed by atoms with E-state index in [2.05, 4.69) is 9.97 Å². The van der Waals surface area contributed by atoms with Gasteiger partial charge in [-0.1, -0.05) is 36.4 Å². The zero-order chi connectivity index (χ0) is 20.1. The Morgan fingerprint density at radius 1 is 0.966 bits per heavy atom. The smallest absolute Gasteiger partial charge is 0.256 e. The van der Waals surface area contributed by atoms with Gasteiger partial charge in [0.15, 0.2) is 0 Å². The number of furan rings is 1. The van der Waals surface area contributed by atoms with E-state index in [4.69, 9.17) is 4.42 Å². The van der Waals surface area contributed by atoms with Crippen LogP contribution in [0.15, 0.2) is 89.8 Å². The fourth-order valence-corrected chi connectivity index (χ4v) is 3.23. The highest BCUT2D eigenvalue weighted by molar-refractivity contribution is 5.95. The molecule has 1 amide bonds. The zero-order valence-electron chi connectivity index (χ0n) is 16.2. The van der Waals surface area contributed by atoms with Crippen molar-refractivity contribution in [3.05, 3.63) is 108 Å². The van der Waals surface area contributed by atoms with Gasteiger partial charge in [0, 0.05) is 24.5 Å². The summed E-state index contributed by atoms with van der Waals surface area (Å²) in [5.41, 5.74) is 4.12. The first kappa shape index (κ1) is 18.6. The van der Waals surface area contributed by atoms with E-state index >= 15 is 0 Å². The number of carbonyl (C=O) groups is 1. The third-order valence-electron chi connectivity index (χ3n) is 4.70. The van der Waals surface area contributed by atoms with E-state index in [0.29, 0.717) is 24.3 Å². The molecule has 5 nitrogen and oxygen atoms in total. The summed E-state index contributed by atoms with van der Waals surface area (Å²) in [6.07, 6.45) is 5.11. The summed E-state index contributed by atoms with van der Waals surface area (Å²) in [7, 11) is 0. The Bertz CT molecular complexity index is 1080. The first-order valence-electron chi connectivity index (χ1n) is 9.44. The lowest BCUT2D eigenvalue weighted by Gasteiger charge is -2.22. The number of hydrogen-bond acceptors (Lipinski definition) is 4. The average Bonchev–Trinajstić information content (AvgIpc) is 3.27. The normalized spacial score (nSPS) is 10.7. The van der Waals surface area contributed by atoms with Crippen LogP contribution in [0.3, 0.4) is 0 Å². The van der Waals surface area contributed by atoms with E-state index in [1.54, 1.807) is 23.6 Å². The van der Waals surface area contributed by atoms with Crippen molar-refractivity contribution in [1.29, 1.82) is 0 Å². The lowest BCUT2D eigenvalue weighted by molar-refractivity contribution is 0.0716. The van der Waals surface area contributed by atoms with Gasteiger partial charge in [0.05, 0.1) is 29.8 Å². The van der Waals surface area contributed by atoms with E-state index < -0.39 is 0 Å². The molecule has 0 saturated heterocycles. The van der Waals surface area contributed by atoms with Gasteiger partial charge in [-0.2, -0.15) is 0 Å². The van der Waals surface area contributed by atoms with Crippen molar-refractivity contribution in [2.45, 2.75) is 20.0 Å². The molecule has 29 heavy (non-hydrogen) atoms. The summed E-state index contributed by atoms with van der Waals surface area (Å²) in [5.74, 6) is 0.642. The minimum absolute atomic E-state index is 0.0881. The second-order valence-corrected chi connectivity index (χ2v) is 6.80. The number of nitrogens with zero attached hydrogens (tertiary/aromatic N) is 3. The van der Waals surface area contributed by atoms with Crippen LogP contribution in [0.2, 0.25) is 0 Å². The molecule has 0 atom stereocenters. The Morgan fingerprint density at radius 2 is 1.83 bits per heavy atom. The molecule has 3 heterocycles. The molecule has 0 saturated carbocycles. The number of carbonyl (C=O) groups excluding carboxylic acids is 1. The summed E-state index contributed by atoms with van der Waals surface area (Å²) in [5, 5.41) is 0. The Kier molecular flexibility index (Phi) is 5.47. The molecule has 0 aliphatic rings. The van der Waals surface area contributed by atoms with Crippen LogP contribution in [0, 0.1) is 6.92 Å². The largest absolute Gasteiger partial charge is 0.467 e. The molecular weight excluding hydrogens is 362 g/mol. The van der Waals surface area contributed by atoms with E-state index in [0.717, 1.165) is 22.6 Å². The Balaban J connectivity index is 1.62. The van der Waals surface area contributed by atoms with Crippen molar-refractivity contribution < 1.29 is 9.21 Å². The van der Waals surface area contributed by atoms with Gasteiger partial charge in [-0.3, -0.25) is 14.8 Å². The van der Waals surface area contributed by atoms with E-state index in [1.807, 2.05) is 73.7 Å². The molecular formula is C24H21N3O2. The Labute approximate surface area is 169 Å². The maximum Gasteiger partial charge on any atom is 0.256 e. The van der Waals surface area contributed by atoms with Crippen LogP contribution in [0.5, 0.6) is 0 Å². The Morgan fingerprint density at radius 3 is 2.52 bits per heavy atom. The molecule has 0 N–H and O–H groups in total. The quantitative estimate of drug-likeness (QED) is 0.476. The van der Waals surface area contributed by atoms with Crippen LogP contribution in [-0.2, 0) is 13.1 Å². The van der Waals surface area contributed by atoms with Crippen molar-refractivity contribution in [3.63, 3.8) is 0 Å². The molecule has 0 fully saturated rings. The number of benzene rings is 1. The van der Waals surface area contributed by atoms with Gasteiger partial charge in [0.1, 0.15) is 5.76 Å². The predicted molar refractivity (Wildman–Crippen MR) is 111 cm³/mol. The lowest BCUT2D eigenvalue weighted by atomic mass is 10.1. The van der Waals surface area contributed by atoms with Gasteiger partial charge < -0.3 is 9.32 Å². The zero-order valence-corrected chi connectivity index (χ0v) is 16.2. The molecule has 4 rings (SSSR count). The van der Waals surface area contributed by atoms with Gasteiger partial charge >= 0.3 is 0 Å². The van der Waals surface area contributed by atoms with Crippen molar-refractivity contribution in [3.8, 4) is 11.3 Å². The number of rotatable bonds is 6. The topological polar surface area (TPSA) is 59.2 Å². The number of amides is 1. The number of aromatic nitrogens is 2. The fraction of sp³-hybridized carbons (Fsp3) is 0.125. The molecule has 0 unspecified atom stereocenters. The third-order valence-corrected chi connectivity index (χ3v) is 4.70. The van der Waals surface area contributed by atoms with Crippen LogP contribution in [0.4, 0.5) is 0 Å². The van der Waals surface area contributed by atoms with E-state index in [1.165, 1.54) is 0 Å². The summed E-state index contributed by atoms with van der Waals surface area (Å²) >= 11 is 0. The third kappa shape index (κ3) is 4.41. The number of pyridine rings is 2. The van der Waals surface area contributed by atoms with Gasteiger partial charge in [-0.05, 0) is 42.8 Å². The van der Waals surface area contributed by atoms with Crippen LogP contribution in [0.1, 0.15) is 27.4 Å². The molecule has 5 heteroatoms. The first-order chi connectivity index (χ1) is 14.2. The van der Waals surface area contributed by atoms with Gasteiger partial charge in [-0.25, -0.2) is 0 Å². The van der Waals surface area contributed by atoms with Crippen LogP contribution in [0.25, 0.3) is 11.3 Å². The second-order valence-electron chi connectivity index (χ2n) is 6.80. The molecule has 0 aliphatic carbocycles. The Hall–Kier alpha value is -3.73. The molecule has 0 aliphatic heterocycles. The maximum atomic E-state index is 13.4. The van der Waals surface area contributed by atoms with Crippen molar-refractivity contribution in [1.82, 2.24) is 14.9 Å². The van der Waals surface area contributed by atoms with Gasteiger partial charge in [-0.15, -0.1) is 0 Å². The van der Waals surface area contributed by atoms with E-state index in [9.17, 15) is 4.79 Å². The van der Waals surface area contributed by atoms with E-state index in [-0.39, 0.29) is 5.91 Å². The molecule has 0 radical (unpaired) electrons. The number of hydrogen-bond donors (Lipinski definition) is 0. The minimum atomic E-state index is -0.0881. The highest BCUT2D eigenvalue weighted by atomic mass is 16.3. The fourth-order valence-electron chi connectivity index (χ4n) is 3.23. The van der Waals surface area contributed by atoms with Gasteiger partial charge in [0.25, 0.3) is 5.91 Å². The lowest BCUT2D eigenvalue weighted by Crippen LogP contribution is -2.30. The monoisotopic (exact) mass is 383 g/mol. The summed E-state index contributed by atoms with van der Waals surface area (Å²) in [6, 6.07) is 21.2. The highest BCUT2D eigenvalue weighted by Crippen LogP contribution is 2.21. The molecule has 1 aromatic carbocycles. The average molecular weight is 383 g/mol. The van der Waals surface area contributed by atoms with Gasteiger partial charge in [0.2, 0.25) is 0 Å². The maximum absolute atomic E-state index is 13.4. The molecule has 0 bridgehead atoms. The number of aryl methyl sites for hydroxylation is 1. The minimum Gasteiger partial charge on any atom is -0.467 e. The second kappa shape index (κ2) is 8.52. The van der Waals surface area contributed by atoms with Crippen LogP contribution >= 0.6 is 0 Å². The first-order valence-corrected chi connectivity index (χ1v) is 9.44. The van der Waals surface area contributed by atoms with Crippen LogP contribution in [-0.4, -0.2) is 20.8 Å². The van der Waals surface area contributed by atoms with Crippen molar-refractivity contribution in [2.24, 2.45) is 0 Å². The predicted octanol–water partition coefficient (Wildman–Crippen LogP) is 4.89. The SMILES string of the molecule is Cc1nc(-c2ccccc2)ccc1C(=O)N(Cc1cccnc1)Cc1ccco1. The van der Waals surface area contributed by atoms with Crippen molar-refractivity contribution >= 4 is 5.91 Å². The van der Waals surface area contributed by atoms with Crippen LogP contribution < -0.4 is 0 Å². The molecule has 0 spiro atoms. The van der Waals surface area contributed by atoms with Crippen molar-refractivity contribution in [2.75, 3.05) is 0 Å².